The summed E-state index contributed by atoms with van der Waals surface area (Å²) in [6.07, 6.45) is 3.92. The van der Waals surface area contributed by atoms with Crippen molar-refractivity contribution < 1.29 is 14.7 Å². The number of nitrogens with zero attached hydrogens (tertiary/aromatic N) is 3. The number of amides is 1. The molecule has 37 heavy (non-hydrogen) atoms. The number of rotatable bonds is 6. The van der Waals surface area contributed by atoms with Crippen LogP contribution in [-0.2, 0) is 16.8 Å². The Bertz CT molecular complexity index is 1590. The van der Waals surface area contributed by atoms with Crippen LogP contribution in [0.4, 0.5) is 0 Å². The van der Waals surface area contributed by atoms with Gasteiger partial charge in [0.25, 0.3) is 0 Å². The van der Waals surface area contributed by atoms with Crippen LogP contribution in [0, 0.1) is 0 Å². The summed E-state index contributed by atoms with van der Waals surface area (Å²) in [7, 11) is 0. The van der Waals surface area contributed by atoms with E-state index in [2.05, 4.69) is 0 Å². The van der Waals surface area contributed by atoms with Gasteiger partial charge in [-0.2, -0.15) is 0 Å². The van der Waals surface area contributed by atoms with Gasteiger partial charge in [-0.15, -0.1) is 0 Å². The maximum Gasteiger partial charge on any atom is 0.335 e. The van der Waals surface area contributed by atoms with E-state index in [9.17, 15) is 19.5 Å². The van der Waals surface area contributed by atoms with Crippen LogP contribution in [0.1, 0.15) is 47.2 Å². The number of imidazole rings is 1. The van der Waals surface area contributed by atoms with Gasteiger partial charge < -0.3 is 10.0 Å². The van der Waals surface area contributed by atoms with Gasteiger partial charge in [-0.05, 0) is 79.3 Å². The zero-order valence-corrected chi connectivity index (χ0v) is 20.9. The van der Waals surface area contributed by atoms with E-state index in [1.165, 1.54) is 0 Å². The molecule has 2 heterocycles. The van der Waals surface area contributed by atoms with Crippen LogP contribution < -0.4 is 5.69 Å². The third kappa shape index (κ3) is 4.03. The quantitative estimate of drug-likeness (QED) is 0.398. The second-order valence-corrected chi connectivity index (χ2v) is 10.4. The van der Waals surface area contributed by atoms with Gasteiger partial charge in [0.15, 0.2) is 0 Å². The Morgan fingerprint density at radius 2 is 1.65 bits per heavy atom. The third-order valence-electron chi connectivity index (χ3n) is 7.61. The summed E-state index contributed by atoms with van der Waals surface area (Å²) >= 11 is 6.35. The van der Waals surface area contributed by atoms with E-state index in [0.29, 0.717) is 22.6 Å². The molecule has 1 aliphatic heterocycles. The van der Waals surface area contributed by atoms with Crippen LogP contribution in [0.3, 0.4) is 0 Å². The number of carbonyl (C=O) groups is 2. The summed E-state index contributed by atoms with van der Waals surface area (Å²) in [6.45, 7) is 1.65. The van der Waals surface area contributed by atoms with Crippen molar-refractivity contribution in [3.05, 3.63) is 98.9 Å². The lowest BCUT2D eigenvalue weighted by atomic mass is 10.0. The molecule has 3 aromatic carbocycles. The standard InChI is InChI=1S/C29H26ClN3O4/c30-22-8-11-24-25(18-22)32(23-9-6-19(7-10-23)16-26(34)31-14-1-2-15-31)28(37)33(24)29(12-13-29)21-5-3-4-20(17-21)27(35)36/h3-11,17-18H,1-2,12-16H2,(H,35,36). The van der Waals surface area contributed by atoms with Gasteiger partial charge in [0.2, 0.25) is 5.91 Å². The third-order valence-corrected chi connectivity index (χ3v) is 7.84. The van der Waals surface area contributed by atoms with Crippen LogP contribution in [0.25, 0.3) is 16.7 Å². The lowest BCUT2D eigenvalue weighted by Crippen LogP contribution is -2.32. The molecule has 1 saturated heterocycles. The molecule has 4 aromatic rings. The second kappa shape index (κ2) is 8.92. The van der Waals surface area contributed by atoms with Crippen molar-refractivity contribution in [1.29, 1.82) is 0 Å². The van der Waals surface area contributed by atoms with Crippen LogP contribution in [0.5, 0.6) is 0 Å². The summed E-state index contributed by atoms with van der Waals surface area (Å²) in [4.78, 5) is 40.1. The highest BCUT2D eigenvalue weighted by Gasteiger charge is 2.49. The van der Waals surface area contributed by atoms with Gasteiger partial charge >= 0.3 is 11.7 Å². The fourth-order valence-corrected chi connectivity index (χ4v) is 5.72. The van der Waals surface area contributed by atoms with Gasteiger partial charge in [-0.3, -0.25) is 13.9 Å². The van der Waals surface area contributed by atoms with Crippen LogP contribution in [0.15, 0.2) is 71.5 Å². The van der Waals surface area contributed by atoms with Crippen LogP contribution >= 0.6 is 11.6 Å². The minimum atomic E-state index is -0.998. The van der Waals surface area contributed by atoms with Crippen molar-refractivity contribution in [2.24, 2.45) is 0 Å². The first-order valence-electron chi connectivity index (χ1n) is 12.5. The van der Waals surface area contributed by atoms with Crippen molar-refractivity contribution in [2.45, 2.75) is 37.6 Å². The Balaban J connectivity index is 1.43. The van der Waals surface area contributed by atoms with Gasteiger partial charge in [0, 0.05) is 18.1 Å². The number of aromatic carboxylic acids is 1. The number of fused-ring (bicyclic) bond motifs is 1. The maximum atomic E-state index is 14.0. The largest absolute Gasteiger partial charge is 0.478 e. The molecule has 1 amide bonds. The summed E-state index contributed by atoms with van der Waals surface area (Å²) in [6, 6.07) is 19.7. The molecular formula is C29H26ClN3O4. The lowest BCUT2D eigenvalue weighted by Gasteiger charge is -2.18. The zero-order valence-electron chi connectivity index (χ0n) is 20.2. The first-order valence-corrected chi connectivity index (χ1v) is 12.9. The number of benzene rings is 3. The summed E-state index contributed by atoms with van der Waals surface area (Å²) in [5, 5.41) is 10.0. The number of aromatic nitrogens is 2. The molecule has 1 saturated carbocycles. The van der Waals surface area contributed by atoms with E-state index >= 15 is 0 Å². The second-order valence-electron chi connectivity index (χ2n) is 9.94. The van der Waals surface area contributed by atoms with Crippen molar-refractivity contribution in [1.82, 2.24) is 14.0 Å². The van der Waals surface area contributed by atoms with Crippen molar-refractivity contribution in [2.75, 3.05) is 13.1 Å². The normalized spacial score (nSPS) is 16.3. The molecule has 1 aromatic heterocycles. The molecule has 8 heteroatoms. The van der Waals surface area contributed by atoms with Gasteiger partial charge in [0.05, 0.1) is 34.2 Å². The lowest BCUT2D eigenvalue weighted by molar-refractivity contribution is -0.129. The van der Waals surface area contributed by atoms with Crippen LogP contribution in [-0.4, -0.2) is 44.1 Å². The SMILES string of the molecule is O=C(O)c1cccc(C2(n3c(=O)n(-c4ccc(CC(=O)N5CCCC5)cc4)c4cc(Cl)ccc43)CC2)c1. The average molecular weight is 516 g/mol. The van der Waals surface area contributed by atoms with E-state index < -0.39 is 11.5 Å². The highest BCUT2D eigenvalue weighted by atomic mass is 35.5. The molecule has 0 atom stereocenters. The highest BCUT2D eigenvalue weighted by molar-refractivity contribution is 6.31. The molecule has 7 nitrogen and oxygen atoms in total. The Morgan fingerprint density at radius 1 is 0.919 bits per heavy atom. The van der Waals surface area contributed by atoms with Gasteiger partial charge in [-0.25, -0.2) is 9.59 Å². The molecule has 1 N–H and O–H groups in total. The minimum absolute atomic E-state index is 0.130. The number of hydrogen-bond acceptors (Lipinski definition) is 3. The Hall–Kier alpha value is -3.84. The minimum Gasteiger partial charge on any atom is -0.478 e. The number of likely N-dealkylation sites (tertiary alicyclic amines) is 1. The molecule has 6 rings (SSSR count). The summed E-state index contributed by atoms with van der Waals surface area (Å²) in [5.74, 6) is -0.868. The van der Waals surface area contributed by atoms with Crippen molar-refractivity contribution in [3.63, 3.8) is 0 Å². The fourth-order valence-electron chi connectivity index (χ4n) is 5.55. The fraction of sp³-hybridized carbons (Fsp3) is 0.276. The molecule has 0 radical (unpaired) electrons. The molecule has 0 spiro atoms. The van der Waals surface area contributed by atoms with Crippen LogP contribution in [0.2, 0.25) is 5.02 Å². The predicted octanol–water partition coefficient (Wildman–Crippen LogP) is 4.85. The molecular weight excluding hydrogens is 490 g/mol. The highest BCUT2D eigenvalue weighted by Crippen LogP contribution is 2.50. The van der Waals surface area contributed by atoms with E-state index in [1.807, 2.05) is 41.3 Å². The maximum absolute atomic E-state index is 14.0. The van der Waals surface area contributed by atoms with Crippen molar-refractivity contribution >= 4 is 34.5 Å². The topological polar surface area (TPSA) is 84.5 Å². The smallest absolute Gasteiger partial charge is 0.335 e. The number of carboxylic acid groups (broad SMARTS) is 1. The zero-order chi connectivity index (χ0) is 25.7. The van der Waals surface area contributed by atoms with E-state index in [-0.39, 0.29) is 17.2 Å². The number of carbonyl (C=O) groups excluding carboxylic acids is 1. The first-order chi connectivity index (χ1) is 17.9. The van der Waals surface area contributed by atoms with E-state index in [4.69, 9.17) is 11.6 Å². The first kappa shape index (κ1) is 23.6. The number of halogens is 1. The Morgan fingerprint density at radius 3 is 2.32 bits per heavy atom. The average Bonchev–Trinajstić information content (AvgIpc) is 3.37. The monoisotopic (exact) mass is 515 g/mol. The summed E-state index contributed by atoms with van der Waals surface area (Å²) in [5.41, 5.74) is 3.18. The van der Waals surface area contributed by atoms with E-state index in [0.717, 1.165) is 55.4 Å². The van der Waals surface area contributed by atoms with Crippen molar-refractivity contribution in [3.8, 4) is 5.69 Å². The molecule has 2 fully saturated rings. The Labute approximate surface area is 218 Å². The molecule has 0 unspecified atom stereocenters. The molecule has 1 aliphatic carbocycles. The molecule has 188 valence electrons. The molecule has 0 bridgehead atoms. The van der Waals surface area contributed by atoms with E-state index in [1.54, 1.807) is 39.5 Å². The Kier molecular flexibility index (Phi) is 5.68. The number of carboxylic acids is 1. The predicted molar refractivity (Wildman–Crippen MR) is 142 cm³/mol. The van der Waals surface area contributed by atoms with Gasteiger partial charge in [-0.1, -0.05) is 35.9 Å². The summed E-state index contributed by atoms with van der Waals surface area (Å²) < 4.78 is 3.43. The van der Waals surface area contributed by atoms with Gasteiger partial charge in [0.1, 0.15) is 0 Å². The number of hydrogen-bond donors (Lipinski definition) is 1. The molecule has 2 aliphatic rings.